The van der Waals surface area contributed by atoms with Crippen LogP contribution in [0.2, 0.25) is 5.02 Å². The third-order valence-corrected chi connectivity index (χ3v) is 4.01. The molecule has 1 unspecified atom stereocenters. The van der Waals surface area contributed by atoms with Crippen molar-refractivity contribution in [3.8, 4) is 5.69 Å². The van der Waals surface area contributed by atoms with E-state index in [1.807, 2.05) is 35.1 Å². The van der Waals surface area contributed by atoms with Gasteiger partial charge in [-0.05, 0) is 36.5 Å². The fourth-order valence-electron chi connectivity index (χ4n) is 2.93. The second kappa shape index (κ2) is 4.36. The Morgan fingerprint density at radius 3 is 2.95 bits per heavy atom. The molecule has 0 saturated carbocycles. The van der Waals surface area contributed by atoms with E-state index in [-0.39, 0.29) is 11.5 Å². The molecule has 0 aliphatic heterocycles. The lowest BCUT2D eigenvalue weighted by molar-refractivity contribution is 0.278. The van der Waals surface area contributed by atoms with Crippen LogP contribution < -0.4 is 5.73 Å². The summed E-state index contributed by atoms with van der Waals surface area (Å²) in [6.45, 7) is 4.51. The highest BCUT2D eigenvalue weighted by atomic mass is 35.5. The molecule has 0 fully saturated rings. The number of benzene rings is 1. The summed E-state index contributed by atoms with van der Waals surface area (Å²) in [6, 6.07) is 7.84. The third-order valence-electron chi connectivity index (χ3n) is 3.77. The standard InChI is InChI=1S/C15H18ClN3/c1-15(2)7-13(17)12-9-18-19(14(12)8-15)11-5-3-4-10(16)6-11/h3-6,9,13H,7-8,17H2,1-2H3. The van der Waals surface area contributed by atoms with Crippen molar-refractivity contribution in [3.63, 3.8) is 0 Å². The molecule has 100 valence electrons. The van der Waals surface area contributed by atoms with Crippen LogP contribution >= 0.6 is 11.6 Å². The summed E-state index contributed by atoms with van der Waals surface area (Å²) in [5.74, 6) is 0. The van der Waals surface area contributed by atoms with Crippen molar-refractivity contribution in [1.29, 1.82) is 0 Å². The predicted molar refractivity (Wildman–Crippen MR) is 77.6 cm³/mol. The van der Waals surface area contributed by atoms with Crippen molar-refractivity contribution >= 4 is 11.6 Å². The Morgan fingerprint density at radius 2 is 2.21 bits per heavy atom. The molecular weight excluding hydrogens is 258 g/mol. The topological polar surface area (TPSA) is 43.8 Å². The predicted octanol–water partition coefficient (Wildman–Crippen LogP) is 3.50. The largest absolute Gasteiger partial charge is 0.324 e. The van der Waals surface area contributed by atoms with Gasteiger partial charge in [0.1, 0.15) is 0 Å². The van der Waals surface area contributed by atoms with Crippen LogP contribution in [-0.4, -0.2) is 9.78 Å². The van der Waals surface area contributed by atoms with Gasteiger partial charge >= 0.3 is 0 Å². The molecule has 1 heterocycles. The quantitative estimate of drug-likeness (QED) is 0.866. The summed E-state index contributed by atoms with van der Waals surface area (Å²) in [5.41, 5.74) is 9.85. The maximum absolute atomic E-state index is 6.26. The zero-order chi connectivity index (χ0) is 13.6. The van der Waals surface area contributed by atoms with Crippen LogP contribution in [0.15, 0.2) is 30.5 Å². The molecule has 1 aromatic heterocycles. The van der Waals surface area contributed by atoms with Crippen molar-refractivity contribution in [1.82, 2.24) is 9.78 Å². The molecule has 0 saturated heterocycles. The number of hydrogen-bond acceptors (Lipinski definition) is 2. The van der Waals surface area contributed by atoms with Crippen LogP contribution in [0, 0.1) is 5.41 Å². The summed E-state index contributed by atoms with van der Waals surface area (Å²) >= 11 is 6.06. The number of nitrogens with zero attached hydrogens (tertiary/aromatic N) is 2. The Bertz CT molecular complexity index is 616. The zero-order valence-electron chi connectivity index (χ0n) is 11.2. The second-order valence-electron chi connectivity index (χ2n) is 6.09. The minimum Gasteiger partial charge on any atom is -0.324 e. The summed E-state index contributed by atoms with van der Waals surface area (Å²) in [6.07, 6.45) is 3.89. The maximum Gasteiger partial charge on any atom is 0.0663 e. The van der Waals surface area contributed by atoms with Crippen molar-refractivity contribution < 1.29 is 0 Å². The van der Waals surface area contributed by atoms with Gasteiger partial charge < -0.3 is 5.73 Å². The lowest BCUT2D eigenvalue weighted by Crippen LogP contribution is -2.30. The molecule has 2 aromatic rings. The first kappa shape index (κ1) is 12.7. The second-order valence-corrected chi connectivity index (χ2v) is 6.53. The number of fused-ring (bicyclic) bond motifs is 1. The summed E-state index contributed by atoms with van der Waals surface area (Å²) in [4.78, 5) is 0. The number of nitrogens with two attached hydrogens (primary N) is 1. The van der Waals surface area contributed by atoms with E-state index in [9.17, 15) is 0 Å². The Hall–Kier alpha value is -1.32. The molecule has 2 N–H and O–H groups in total. The van der Waals surface area contributed by atoms with Crippen molar-refractivity contribution in [2.75, 3.05) is 0 Å². The minimum atomic E-state index is 0.0756. The van der Waals surface area contributed by atoms with Gasteiger partial charge in [-0.2, -0.15) is 5.10 Å². The van der Waals surface area contributed by atoms with Crippen molar-refractivity contribution in [2.24, 2.45) is 11.1 Å². The van der Waals surface area contributed by atoms with Crippen LogP contribution in [0.3, 0.4) is 0 Å². The molecule has 1 aliphatic carbocycles. The van der Waals surface area contributed by atoms with Gasteiger partial charge in [0.2, 0.25) is 0 Å². The molecule has 0 spiro atoms. The number of halogens is 1. The molecule has 1 aliphatic rings. The summed E-state index contributed by atoms with van der Waals surface area (Å²) in [7, 11) is 0. The highest BCUT2D eigenvalue weighted by Gasteiger charge is 2.33. The van der Waals surface area contributed by atoms with E-state index in [1.54, 1.807) is 0 Å². The van der Waals surface area contributed by atoms with Crippen molar-refractivity contribution in [3.05, 3.63) is 46.7 Å². The molecule has 3 rings (SSSR count). The van der Waals surface area contributed by atoms with Crippen LogP contribution in [0.5, 0.6) is 0 Å². The maximum atomic E-state index is 6.26. The van der Waals surface area contributed by atoms with Crippen LogP contribution in [0.4, 0.5) is 0 Å². The van der Waals surface area contributed by atoms with Crippen LogP contribution in [0.1, 0.15) is 37.6 Å². The van der Waals surface area contributed by atoms with Crippen LogP contribution in [0.25, 0.3) is 5.69 Å². The molecule has 0 radical (unpaired) electrons. The van der Waals surface area contributed by atoms with Gasteiger partial charge in [0.05, 0.1) is 11.9 Å². The SMILES string of the molecule is CC1(C)Cc2c(cnn2-c2cccc(Cl)c2)C(N)C1. The monoisotopic (exact) mass is 275 g/mol. The molecule has 19 heavy (non-hydrogen) atoms. The van der Waals surface area contributed by atoms with E-state index in [2.05, 4.69) is 18.9 Å². The molecule has 0 amide bonds. The van der Waals surface area contributed by atoms with Gasteiger partial charge in [0.25, 0.3) is 0 Å². The molecular formula is C15H18ClN3. The lowest BCUT2D eigenvalue weighted by Gasteiger charge is -2.33. The Kier molecular flexibility index (Phi) is 2.91. The smallest absolute Gasteiger partial charge is 0.0663 e. The van der Waals surface area contributed by atoms with Gasteiger partial charge in [0.15, 0.2) is 0 Å². The minimum absolute atomic E-state index is 0.0756. The first-order valence-electron chi connectivity index (χ1n) is 6.55. The average molecular weight is 276 g/mol. The van der Waals surface area contributed by atoms with Gasteiger partial charge in [0, 0.05) is 22.3 Å². The first-order valence-corrected chi connectivity index (χ1v) is 6.92. The highest BCUT2D eigenvalue weighted by molar-refractivity contribution is 6.30. The summed E-state index contributed by atoms with van der Waals surface area (Å²) < 4.78 is 1.97. The number of hydrogen-bond donors (Lipinski definition) is 1. The van der Waals surface area contributed by atoms with Gasteiger partial charge in [-0.1, -0.05) is 31.5 Å². The first-order chi connectivity index (χ1) is 8.96. The summed E-state index contributed by atoms with van der Waals surface area (Å²) in [5, 5.41) is 5.23. The Balaban J connectivity index is 2.11. The third kappa shape index (κ3) is 2.28. The Labute approximate surface area is 118 Å². The molecule has 1 atom stereocenters. The fraction of sp³-hybridized carbons (Fsp3) is 0.400. The molecule has 1 aromatic carbocycles. The molecule has 0 bridgehead atoms. The van der Waals surface area contributed by atoms with Crippen LogP contribution in [-0.2, 0) is 6.42 Å². The molecule has 3 nitrogen and oxygen atoms in total. The average Bonchev–Trinajstić information content (AvgIpc) is 2.71. The zero-order valence-corrected chi connectivity index (χ0v) is 12.0. The normalized spacial score (nSPS) is 21.2. The van der Waals surface area contributed by atoms with E-state index in [4.69, 9.17) is 17.3 Å². The van der Waals surface area contributed by atoms with E-state index < -0.39 is 0 Å². The number of aromatic nitrogens is 2. The fourth-order valence-corrected chi connectivity index (χ4v) is 3.12. The highest BCUT2D eigenvalue weighted by Crippen LogP contribution is 2.40. The Morgan fingerprint density at radius 1 is 1.42 bits per heavy atom. The van der Waals surface area contributed by atoms with Gasteiger partial charge in [-0.15, -0.1) is 0 Å². The van der Waals surface area contributed by atoms with E-state index in [1.165, 1.54) is 11.3 Å². The van der Waals surface area contributed by atoms with Gasteiger partial charge in [-0.3, -0.25) is 0 Å². The number of rotatable bonds is 1. The van der Waals surface area contributed by atoms with E-state index in [0.717, 1.165) is 23.6 Å². The van der Waals surface area contributed by atoms with E-state index in [0.29, 0.717) is 0 Å². The molecule has 4 heteroatoms. The van der Waals surface area contributed by atoms with Crippen molar-refractivity contribution in [2.45, 2.75) is 32.7 Å². The van der Waals surface area contributed by atoms with E-state index >= 15 is 0 Å². The lowest BCUT2D eigenvalue weighted by atomic mass is 9.74. The van der Waals surface area contributed by atoms with Gasteiger partial charge in [-0.25, -0.2) is 4.68 Å².